The van der Waals surface area contributed by atoms with Gasteiger partial charge in [0.1, 0.15) is 12.1 Å². The third-order valence-electron chi connectivity index (χ3n) is 6.46. The summed E-state index contributed by atoms with van der Waals surface area (Å²) in [4.78, 5) is 8.36. The minimum Gasteiger partial charge on any atom is -0.504 e. The van der Waals surface area contributed by atoms with Crippen LogP contribution in [0.15, 0.2) is 36.7 Å². The zero-order chi connectivity index (χ0) is 26.6. The number of fused-ring (bicyclic) bond motifs is 1. The summed E-state index contributed by atoms with van der Waals surface area (Å²) in [5.74, 6) is 1.93. The number of benzene rings is 2. The lowest BCUT2D eigenvalue weighted by atomic mass is 9.87. The molecule has 1 aliphatic carbocycles. The zero-order valence-electron chi connectivity index (χ0n) is 21.9. The average Bonchev–Trinajstić information content (AvgIpc) is 2.90. The first kappa shape index (κ1) is 29.2. The highest BCUT2D eigenvalue weighted by Gasteiger charge is 2.13. The Morgan fingerprint density at radius 2 is 1.86 bits per heavy atom. The molecule has 1 aromatic heterocycles. The Morgan fingerprint density at radius 1 is 1.08 bits per heavy atom. The van der Waals surface area contributed by atoms with E-state index in [0.717, 1.165) is 24.8 Å². The maximum absolute atomic E-state index is 9.82. The number of hydrogen-bond acceptors (Lipinski definition) is 7. The fraction of sp³-hybridized carbons (Fsp3) is 0.500. The van der Waals surface area contributed by atoms with Crippen molar-refractivity contribution in [1.29, 1.82) is 0 Å². The van der Waals surface area contributed by atoms with Gasteiger partial charge in [0, 0.05) is 30.3 Å². The fourth-order valence-corrected chi connectivity index (χ4v) is 4.77. The lowest BCUT2D eigenvalue weighted by Crippen LogP contribution is -2.28. The summed E-state index contributed by atoms with van der Waals surface area (Å²) in [6.07, 6.45) is 10.4. The number of aromatic hydroxyl groups is 1. The van der Waals surface area contributed by atoms with E-state index in [9.17, 15) is 5.11 Å². The monoisotopic (exact) mass is 548 g/mol. The number of ether oxygens (including phenoxy) is 2. The van der Waals surface area contributed by atoms with E-state index in [1.54, 1.807) is 24.3 Å². The van der Waals surface area contributed by atoms with Gasteiger partial charge in [-0.2, -0.15) is 0 Å². The van der Waals surface area contributed by atoms with Gasteiger partial charge in [0.05, 0.1) is 28.8 Å². The molecule has 0 saturated heterocycles. The van der Waals surface area contributed by atoms with Gasteiger partial charge in [-0.05, 0) is 57.0 Å². The second kappa shape index (κ2) is 15.2. The Balaban J connectivity index is 0.000000222. The molecule has 3 N–H and O–H groups in total. The molecular weight excluding hydrogens is 511 g/mol. The fourth-order valence-electron chi connectivity index (χ4n) is 4.48. The smallest absolute Gasteiger partial charge is 0.161 e. The number of halogens is 2. The Bertz CT molecular complexity index is 1130. The highest BCUT2D eigenvalue weighted by molar-refractivity contribution is 6.42. The molecule has 4 rings (SSSR count). The van der Waals surface area contributed by atoms with Crippen molar-refractivity contribution in [2.24, 2.45) is 5.92 Å². The van der Waals surface area contributed by atoms with Gasteiger partial charge in [-0.3, -0.25) is 0 Å². The molecule has 3 aromatic rings. The largest absolute Gasteiger partial charge is 0.504 e. The van der Waals surface area contributed by atoms with Crippen LogP contribution in [0.1, 0.15) is 52.4 Å². The van der Waals surface area contributed by atoms with Gasteiger partial charge in [-0.1, -0.05) is 55.3 Å². The molecule has 1 fully saturated rings. The molecule has 1 saturated carbocycles. The molecule has 1 unspecified atom stereocenters. The Morgan fingerprint density at radius 3 is 2.57 bits per heavy atom. The van der Waals surface area contributed by atoms with Crippen molar-refractivity contribution in [2.75, 3.05) is 32.1 Å². The Labute approximate surface area is 229 Å². The predicted octanol–water partition coefficient (Wildman–Crippen LogP) is 7.37. The molecule has 1 aliphatic rings. The van der Waals surface area contributed by atoms with E-state index < -0.39 is 0 Å². The molecular formula is C28H38Cl2N4O3. The molecule has 0 bridgehead atoms. The molecule has 0 spiro atoms. The molecule has 2 aromatic carbocycles. The highest BCUT2D eigenvalue weighted by Crippen LogP contribution is 2.34. The maximum Gasteiger partial charge on any atom is 0.161 e. The summed E-state index contributed by atoms with van der Waals surface area (Å²) in [5, 5.41) is 18.1. The number of nitrogens with zero attached hydrogens (tertiary/aromatic N) is 2. The molecule has 0 radical (unpaired) electrons. The second-order valence-corrected chi connectivity index (χ2v) is 10.1. The van der Waals surface area contributed by atoms with E-state index in [1.165, 1.54) is 64.6 Å². The number of phenolic OH excluding ortho intramolecular Hbond substituents is 1. The van der Waals surface area contributed by atoms with Crippen LogP contribution in [0.3, 0.4) is 0 Å². The van der Waals surface area contributed by atoms with Gasteiger partial charge in [-0.15, -0.1) is 0 Å². The van der Waals surface area contributed by atoms with Gasteiger partial charge in [0.2, 0.25) is 0 Å². The number of methoxy groups -OCH3 is 1. The van der Waals surface area contributed by atoms with Crippen LogP contribution < -0.4 is 15.4 Å². The first-order valence-electron chi connectivity index (χ1n) is 13.0. The number of rotatable bonds is 10. The molecule has 9 heteroatoms. The molecule has 202 valence electrons. The molecule has 37 heavy (non-hydrogen) atoms. The summed E-state index contributed by atoms with van der Waals surface area (Å²) in [7, 11) is 1.48. The van der Waals surface area contributed by atoms with Crippen LogP contribution in [0.4, 0.5) is 11.5 Å². The topological polar surface area (TPSA) is 88.5 Å². The van der Waals surface area contributed by atoms with Crippen molar-refractivity contribution in [1.82, 2.24) is 15.3 Å². The van der Waals surface area contributed by atoms with Gasteiger partial charge < -0.3 is 25.2 Å². The number of aromatic nitrogens is 2. The lowest BCUT2D eigenvalue weighted by molar-refractivity contribution is 0.0758. The second-order valence-electron chi connectivity index (χ2n) is 9.28. The van der Waals surface area contributed by atoms with Crippen LogP contribution in [-0.4, -0.2) is 48.0 Å². The number of nitrogens with one attached hydrogen (secondary N) is 2. The van der Waals surface area contributed by atoms with Gasteiger partial charge in [-0.25, -0.2) is 9.97 Å². The molecule has 7 nitrogen and oxygen atoms in total. The van der Waals surface area contributed by atoms with Gasteiger partial charge in [0.25, 0.3) is 0 Å². The molecule has 1 atom stereocenters. The van der Waals surface area contributed by atoms with Crippen molar-refractivity contribution < 1.29 is 14.6 Å². The average molecular weight is 550 g/mol. The third-order valence-corrected chi connectivity index (χ3v) is 7.19. The number of phenols is 1. The van der Waals surface area contributed by atoms with Gasteiger partial charge in [0.15, 0.2) is 11.5 Å². The minimum absolute atomic E-state index is 0.0224. The van der Waals surface area contributed by atoms with Crippen molar-refractivity contribution in [2.45, 2.75) is 58.5 Å². The molecule has 1 heterocycles. The van der Waals surface area contributed by atoms with Crippen molar-refractivity contribution in [3.63, 3.8) is 0 Å². The SMILES string of the molecule is CCOC(C)CNCCC1CCCCC1.COc1cc2c(Nc3ccc(Cl)c(Cl)c3)ncnc2cc1O. The predicted molar refractivity (Wildman–Crippen MR) is 153 cm³/mol. The number of hydrogen-bond donors (Lipinski definition) is 3. The number of anilines is 2. The van der Waals surface area contributed by atoms with E-state index in [4.69, 9.17) is 32.7 Å². The molecule has 0 amide bonds. The highest BCUT2D eigenvalue weighted by atomic mass is 35.5. The summed E-state index contributed by atoms with van der Waals surface area (Å²) in [5.41, 5.74) is 1.33. The van der Waals surface area contributed by atoms with Crippen LogP contribution in [0.25, 0.3) is 10.9 Å². The van der Waals surface area contributed by atoms with Crippen molar-refractivity contribution >= 4 is 45.6 Å². The zero-order valence-corrected chi connectivity index (χ0v) is 23.4. The summed E-state index contributed by atoms with van der Waals surface area (Å²) < 4.78 is 10.6. The van der Waals surface area contributed by atoms with Gasteiger partial charge >= 0.3 is 0 Å². The van der Waals surface area contributed by atoms with Crippen LogP contribution in [-0.2, 0) is 4.74 Å². The van der Waals surface area contributed by atoms with E-state index in [-0.39, 0.29) is 5.75 Å². The van der Waals surface area contributed by atoms with Crippen molar-refractivity contribution in [3.8, 4) is 11.5 Å². The van der Waals surface area contributed by atoms with E-state index >= 15 is 0 Å². The first-order valence-corrected chi connectivity index (χ1v) is 13.7. The third kappa shape index (κ3) is 9.18. The van der Waals surface area contributed by atoms with Crippen LogP contribution in [0, 0.1) is 5.92 Å². The van der Waals surface area contributed by atoms with Crippen molar-refractivity contribution in [3.05, 3.63) is 46.7 Å². The normalized spacial score (nSPS) is 14.6. The Hall–Kier alpha value is -2.32. The van der Waals surface area contributed by atoms with E-state index in [2.05, 4.69) is 34.4 Å². The first-order chi connectivity index (χ1) is 17.9. The minimum atomic E-state index is 0.0224. The van der Waals surface area contributed by atoms with E-state index in [1.807, 2.05) is 0 Å². The van der Waals surface area contributed by atoms with Crippen LogP contribution >= 0.6 is 23.2 Å². The van der Waals surface area contributed by atoms with E-state index in [0.29, 0.717) is 38.6 Å². The summed E-state index contributed by atoms with van der Waals surface area (Å²) in [6, 6.07) is 8.39. The quantitative estimate of drug-likeness (QED) is 0.228. The standard InChI is InChI=1S/C15H11Cl2N3O2.C13H27NO/c1-22-14-5-9-12(6-13(14)21)18-7-19-15(9)20-8-2-3-10(16)11(17)4-8;1-3-15-12(2)11-14-10-9-13-7-5-4-6-8-13/h2-7,21H,1H3,(H,18,19,20);12-14H,3-11H2,1-2H3. The summed E-state index contributed by atoms with van der Waals surface area (Å²) in [6.45, 7) is 7.18. The molecule has 0 aliphatic heterocycles. The van der Waals surface area contributed by atoms with Crippen LogP contribution in [0.5, 0.6) is 11.5 Å². The Kier molecular flexibility index (Phi) is 12.0. The lowest BCUT2D eigenvalue weighted by Gasteiger charge is -2.22. The summed E-state index contributed by atoms with van der Waals surface area (Å²) >= 11 is 11.9. The van der Waals surface area contributed by atoms with Crippen LogP contribution in [0.2, 0.25) is 10.0 Å². The maximum atomic E-state index is 9.82.